The molecule has 0 saturated heterocycles. The third-order valence-electron chi connectivity index (χ3n) is 2.27. The normalized spacial score (nSPS) is 15.2. The summed E-state index contributed by atoms with van der Waals surface area (Å²) in [5.41, 5.74) is 6.52. The molecule has 3 rings (SSSR count). The van der Waals surface area contributed by atoms with Crippen LogP contribution in [0, 0.1) is 0 Å². The lowest BCUT2D eigenvalue weighted by Gasteiger charge is -2.05. The Labute approximate surface area is 90.6 Å². The van der Waals surface area contributed by atoms with Gasteiger partial charge in [0.15, 0.2) is 16.6 Å². The minimum Gasteiger partial charge on any atom is -0.490 e. The van der Waals surface area contributed by atoms with Crippen LogP contribution in [0.15, 0.2) is 12.1 Å². The van der Waals surface area contributed by atoms with Crippen LogP contribution in [0.1, 0.15) is 6.42 Å². The highest BCUT2D eigenvalue weighted by Crippen LogP contribution is 2.36. The number of hydrogen-bond acceptors (Lipinski definition) is 5. The number of nitrogen functional groups attached to an aromatic ring is 1. The molecule has 0 amide bonds. The summed E-state index contributed by atoms with van der Waals surface area (Å²) in [6, 6.07) is 3.84. The molecule has 2 aromatic rings. The molecule has 0 bridgehead atoms. The number of rotatable bonds is 0. The zero-order valence-electron chi connectivity index (χ0n) is 8.03. The molecule has 1 aromatic carbocycles. The van der Waals surface area contributed by atoms with Crippen LogP contribution >= 0.6 is 11.3 Å². The highest BCUT2D eigenvalue weighted by Gasteiger charge is 2.13. The average molecular weight is 222 g/mol. The van der Waals surface area contributed by atoms with E-state index in [1.807, 2.05) is 12.1 Å². The quantitative estimate of drug-likeness (QED) is 0.741. The molecular weight excluding hydrogens is 212 g/mol. The van der Waals surface area contributed by atoms with Gasteiger partial charge in [0, 0.05) is 18.6 Å². The highest BCUT2D eigenvalue weighted by molar-refractivity contribution is 7.22. The summed E-state index contributed by atoms with van der Waals surface area (Å²) in [5, 5.41) is 0.574. The Morgan fingerprint density at radius 3 is 2.73 bits per heavy atom. The standard InChI is InChI=1S/C10H10N2O2S/c11-10-12-6-4-7-8(5-9(6)15-10)14-3-1-2-13-7/h4-5H,1-3H2,(H2,11,12). The Morgan fingerprint density at radius 2 is 1.93 bits per heavy atom. The smallest absolute Gasteiger partial charge is 0.181 e. The monoisotopic (exact) mass is 222 g/mol. The molecule has 4 nitrogen and oxygen atoms in total. The summed E-state index contributed by atoms with van der Waals surface area (Å²) in [7, 11) is 0. The van der Waals surface area contributed by atoms with Crippen LogP contribution < -0.4 is 15.2 Å². The second kappa shape index (κ2) is 3.27. The zero-order chi connectivity index (χ0) is 10.3. The van der Waals surface area contributed by atoms with E-state index in [9.17, 15) is 0 Å². The molecule has 1 aromatic heterocycles. The van der Waals surface area contributed by atoms with Gasteiger partial charge >= 0.3 is 0 Å². The van der Waals surface area contributed by atoms with Gasteiger partial charge in [0.1, 0.15) is 0 Å². The maximum Gasteiger partial charge on any atom is 0.181 e. The van der Waals surface area contributed by atoms with Crippen molar-refractivity contribution >= 4 is 26.7 Å². The van der Waals surface area contributed by atoms with Gasteiger partial charge in [-0.3, -0.25) is 0 Å². The van der Waals surface area contributed by atoms with E-state index in [1.165, 1.54) is 11.3 Å². The highest BCUT2D eigenvalue weighted by atomic mass is 32.1. The number of fused-ring (bicyclic) bond motifs is 2. The van der Waals surface area contributed by atoms with Gasteiger partial charge in [-0.15, -0.1) is 0 Å². The first kappa shape index (κ1) is 8.79. The number of nitrogens with zero attached hydrogens (tertiary/aromatic N) is 1. The summed E-state index contributed by atoms with van der Waals surface area (Å²) < 4.78 is 12.2. The van der Waals surface area contributed by atoms with Crippen LogP contribution in [0.4, 0.5) is 5.13 Å². The molecule has 0 spiro atoms. The molecular formula is C10H10N2O2S. The minimum absolute atomic E-state index is 0.574. The van der Waals surface area contributed by atoms with Crippen LogP contribution in [-0.2, 0) is 0 Å². The molecule has 15 heavy (non-hydrogen) atoms. The lowest BCUT2D eigenvalue weighted by atomic mass is 10.3. The van der Waals surface area contributed by atoms with Crippen LogP contribution in [0.3, 0.4) is 0 Å². The van der Waals surface area contributed by atoms with E-state index >= 15 is 0 Å². The molecule has 2 heterocycles. The van der Waals surface area contributed by atoms with Crippen LogP contribution in [0.2, 0.25) is 0 Å². The Bertz CT molecular complexity index is 466. The van der Waals surface area contributed by atoms with Crippen molar-refractivity contribution in [3.05, 3.63) is 12.1 Å². The van der Waals surface area contributed by atoms with Gasteiger partial charge < -0.3 is 15.2 Å². The van der Waals surface area contributed by atoms with E-state index in [1.54, 1.807) is 0 Å². The lowest BCUT2D eigenvalue weighted by molar-refractivity contribution is 0.297. The van der Waals surface area contributed by atoms with Gasteiger partial charge in [0.25, 0.3) is 0 Å². The SMILES string of the molecule is Nc1nc2cc3c(cc2s1)OCCCO3. The molecule has 2 N–H and O–H groups in total. The summed E-state index contributed by atoms with van der Waals surface area (Å²) in [4.78, 5) is 4.21. The van der Waals surface area contributed by atoms with Gasteiger partial charge in [0.05, 0.1) is 23.4 Å². The van der Waals surface area contributed by atoms with E-state index in [0.29, 0.717) is 18.3 Å². The number of ether oxygens (including phenoxy) is 2. The first-order valence-corrected chi connectivity index (χ1v) is 5.60. The average Bonchev–Trinajstić information content (AvgIpc) is 2.44. The molecule has 0 radical (unpaired) electrons. The first-order valence-electron chi connectivity index (χ1n) is 4.78. The van der Waals surface area contributed by atoms with E-state index in [0.717, 1.165) is 28.1 Å². The molecule has 0 atom stereocenters. The van der Waals surface area contributed by atoms with E-state index in [2.05, 4.69) is 4.98 Å². The Hall–Kier alpha value is -1.49. The van der Waals surface area contributed by atoms with Gasteiger partial charge in [-0.2, -0.15) is 0 Å². The Kier molecular flexibility index (Phi) is 1.92. The van der Waals surface area contributed by atoms with Crippen molar-refractivity contribution < 1.29 is 9.47 Å². The second-order valence-electron chi connectivity index (χ2n) is 3.37. The fourth-order valence-corrected chi connectivity index (χ4v) is 2.35. The number of anilines is 1. The number of thiazole rings is 1. The second-order valence-corrected chi connectivity index (χ2v) is 4.43. The van der Waals surface area contributed by atoms with Crippen molar-refractivity contribution in [2.75, 3.05) is 18.9 Å². The summed E-state index contributed by atoms with van der Waals surface area (Å²) in [6.45, 7) is 1.39. The van der Waals surface area contributed by atoms with Crippen molar-refractivity contribution in [3.8, 4) is 11.5 Å². The Balaban J connectivity index is 2.19. The summed E-state index contributed by atoms with van der Waals surface area (Å²) >= 11 is 1.46. The predicted octanol–water partition coefficient (Wildman–Crippen LogP) is 2.04. The maximum atomic E-state index is 5.65. The topological polar surface area (TPSA) is 57.4 Å². The van der Waals surface area contributed by atoms with Crippen molar-refractivity contribution in [1.82, 2.24) is 4.98 Å². The van der Waals surface area contributed by atoms with Gasteiger partial charge in [-0.25, -0.2) is 4.98 Å². The number of aromatic nitrogens is 1. The molecule has 0 unspecified atom stereocenters. The Morgan fingerprint density at radius 1 is 1.20 bits per heavy atom. The van der Waals surface area contributed by atoms with Crippen molar-refractivity contribution in [2.24, 2.45) is 0 Å². The van der Waals surface area contributed by atoms with Crippen LogP contribution in [0.25, 0.3) is 10.2 Å². The molecule has 0 saturated carbocycles. The van der Waals surface area contributed by atoms with Crippen molar-refractivity contribution in [3.63, 3.8) is 0 Å². The molecule has 1 aliphatic heterocycles. The number of hydrogen-bond donors (Lipinski definition) is 1. The molecule has 78 valence electrons. The largest absolute Gasteiger partial charge is 0.490 e. The van der Waals surface area contributed by atoms with Crippen LogP contribution in [-0.4, -0.2) is 18.2 Å². The zero-order valence-corrected chi connectivity index (χ0v) is 8.84. The number of nitrogens with two attached hydrogens (primary N) is 1. The minimum atomic E-state index is 0.574. The van der Waals surface area contributed by atoms with Crippen molar-refractivity contribution in [2.45, 2.75) is 6.42 Å². The van der Waals surface area contributed by atoms with Gasteiger partial charge in [-0.05, 0) is 0 Å². The maximum absolute atomic E-state index is 5.65. The third-order valence-corrected chi connectivity index (χ3v) is 3.12. The summed E-state index contributed by atoms with van der Waals surface area (Å²) in [6.07, 6.45) is 0.915. The fourth-order valence-electron chi connectivity index (χ4n) is 1.60. The number of benzene rings is 1. The van der Waals surface area contributed by atoms with Gasteiger partial charge in [0.2, 0.25) is 0 Å². The summed E-state index contributed by atoms with van der Waals surface area (Å²) in [5.74, 6) is 1.56. The fraction of sp³-hybridized carbons (Fsp3) is 0.300. The predicted molar refractivity (Wildman–Crippen MR) is 59.6 cm³/mol. The van der Waals surface area contributed by atoms with Gasteiger partial charge in [-0.1, -0.05) is 11.3 Å². The molecule has 1 aliphatic rings. The van der Waals surface area contributed by atoms with E-state index in [-0.39, 0.29) is 0 Å². The third kappa shape index (κ3) is 1.48. The van der Waals surface area contributed by atoms with E-state index in [4.69, 9.17) is 15.2 Å². The van der Waals surface area contributed by atoms with E-state index < -0.39 is 0 Å². The van der Waals surface area contributed by atoms with Crippen molar-refractivity contribution in [1.29, 1.82) is 0 Å². The first-order chi connectivity index (χ1) is 7.33. The lowest BCUT2D eigenvalue weighted by Crippen LogP contribution is -1.97. The van der Waals surface area contributed by atoms with Crippen LogP contribution in [0.5, 0.6) is 11.5 Å². The molecule has 0 fully saturated rings. The molecule has 5 heteroatoms. The molecule has 0 aliphatic carbocycles.